The van der Waals surface area contributed by atoms with E-state index in [1.165, 1.54) is 11.3 Å². The second kappa shape index (κ2) is 7.67. The number of thiazole rings is 1. The number of anilines is 1. The molecule has 8 heteroatoms. The molecule has 0 aliphatic carbocycles. The maximum Gasteiger partial charge on any atom is 0.195 e. The molecule has 7 nitrogen and oxygen atoms in total. The summed E-state index contributed by atoms with van der Waals surface area (Å²) in [5.41, 5.74) is 13.7. The van der Waals surface area contributed by atoms with Gasteiger partial charge < -0.3 is 21.5 Å². The second-order valence-corrected chi connectivity index (χ2v) is 5.00. The van der Waals surface area contributed by atoms with Crippen LogP contribution in [-0.4, -0.2) is 36.2 Å². The van der Waals surface area contributed by atoms with Gasteiger partial charge in [0.05, 0.1) is 24.5 Å². The van der Waals surface area contributed by atoms with Gasteiger partial charge in [-0.2, -0.15) is 0 Å². The van der Waals surface area contributed by atoms with Crippen LogP contribution in [0, 0.1) is 0 Å². The van der Waals surface area contributed by atoms with Gasteiger partial charge in [-0.05, 0) is 12.1 Å². The maximum absolute atomic E-state index is 5.76. The third-order valence-corrected chi connectivity index (χ3v) is 3.35. The summed E-state index contributed by atoms with van der Waals surface area (Å²) in [6.45, 7) is 1.44. The molecule has 2 heterocycles. The molecule has 0 radical (unpaired) electrons. The minimum Gasteiger partial charge on any atom is -0.383 e. The largest absolute Gasteiger partial charge is 0.383 e. The molecule has 2 rings (SSSR count). The van der Waals surface area contributed by atoms with Gasteiger partial charge in [0.2, 0.25) is 0 Å². The van der Waals surface area contributed by atoms with Crippen LogP contribution in [-0.2, 0) is 11.3 Å². The van der Waals surface area contributed by atoms with Crippen LogP contribution in [0.25, 0.3) is 11.4 Å². The second-order valence-electron chi connectivity index (χ2n) is 4.14. The predicted octanol–water partition coefficient (Wildman–Crippen LogP) is 1.04. The van der Waals surface area contributed by atoms with E-state index in [0.29, 0.717) is 30.8 Å². The van der Waals surface area contributed by atoms with E-state index < -0.39 is 0 Å². The third-order valence-electron chi connectivity index (χ3n) is 2.60. The Morgan fingerprint density at radius 3 is 3.00 bits per heavy atom. The summed E-state index contributed by atoms with van der Waals surface area (Å²) in [6.07, 6.45) is 0. The monoisotopic (exact) mass is 306 g/mol. The molecule has 0 unspecified atom stereocenters. The summed E-state index contributed by atoms with van der Waals surface area (Å²) in [5.74, 6) is 0.316. The van der Waals surface area contributed by atoms with Crippen LogP contribution in [0.5, 0.6) is 0 Å². The Hall–Kier alpha value is -2.03. The number of aromatic nitrogens is 2. The highest BCUT2D eigenvalue weighted by Crippen LogP contribution is 2.23. The van der Waals surface area contributed by atoms with E-state index >= 15 is 0 Å². The van der Waals surface area contributed by atoms with Gasteiger partial charge in [-0.1, -0.05) is 6.07 Å². The number of nitrogens with two attached hydrogens (primary N) is 2. The number of methoxy groups -OCH3 is 1. The van der Waals surface area contributed by atoms with Gasteiger partial charge in [-0.3, -0.25) is 4.99 Å². The van der Waals surface area contributed by atoms with Crippen LogP contribution in [0.2, 0.25) is 0 Å². The number of ether oxygens (including phenoxy) is 1. The molecule has 5 N–H and O–H groups in total. The number of rotatable bonds is 6. The van der Waals surface area contributed by atoms with Gasteiger partial charge in [0.1, 0.15) is 5.69 Å². The lowest BCUT2D eigenvalue weighted by Gasteiger charge is -2.01. The maximum atomic E-state index is 5.76. The van der Waals surface area contributed by atoms with E-state index in [1.807, 2.05) is 23.6 Å². The van der Waals surface area contributed by atoms with Gasteiger partial charge in [0, 0.05) is 19.0 Å². The summed E-state index contributed by atoms with van der Waals surface area (Å²) in [4.78, 5) is 13.0. The van der Waals surface area contributed by atoms with Crippen molar-refractivity contribution >= 4 is 22.4 Å². The van der Waals surface area contributed by atoms with Crippen molar-refractivity contribution < 1.29 is 4.74 Å². The van der Waals surface area contributed by atoms with E-state index in [4.69, 9.17) is 16.2 Å². The van der Waals surface area contributed by atoms with Crippen molar-refractivity contribution in [3.63, 3.8) is 0 Å². The fourth-order valence-corrected chi connectivity index (χ4v) is 2.30. The van der Waals surface area contributed by atoms with E-state index in [-0.39, 0.29) is 0 Å². The quantitative estimate of drug-likeness (QED) is 0.417. The molecule has 0 amide bonds. The topological polar surface area (TPSA) is 111 Å². The number of nitrogens with one attached hydrogen (secondary N) is 1. The smallest absolute Gasteiger partial charge is 0.195 e. The number of pyridine rings is 1. The van der Waals surface area contributed by atoms with Crippen molar-refractivity contribution in [3.05, 3.63) is 29.3 Å². The predicted molar refractivity (Wildman–Crippen MR) is 85.2 cm³/mol. The first kappa shape index (κ1) is 15.4. The van der Waals surface area contributed by atoms with E-state index in [0.717, 1.165) is 17.1 Å². The molecule has 0 saturated heterocycles. The Bertz CT molecular complexity index is 612. The van der Waals surface area contributed by atoms with Gasteiger partial charge >= 0.3 is 0 Å². The van der Waals surface area contributed by atoms with Crippen molar-refractivity contribution in [3.8, 4) is 11.4 Å². The molecule has 2 aromatic rings. The third kappa shape index (κ3) is 4.48. The molecular formula is C13H18N6OS. The fourth-order valence-electron chi connectivity index (χ4n) is 1.59. The first-order chi connectivity index (χ1) is 10.2. The van der Waals surface area contributed by atoms with Crippen LogP contribution in [0.4, 0.5) is 5.13 Å². The van der Waals surface area contributed by atoms with Crippen molar-refractivity contribution in [1.82, 2.24) is 9.97 Å². The molecule has 21 heavy (non-hydrogen) atoms. The number of hydrogen-bond acceptors (Lipinski definition) is 6. The zero-order valence-electron chi connectivity index (χ0n) is 11.7. The first-order valence-corrected chi connectivity index (χ1v) is 7.28. The molecule has 0 bridgehead atoms. The zero-order valence-corrected chi connectivity index (χ0v) is 12.6. The van der Waals surface area contributed by atoms with E-state index in [1.54, 1.807) is 7.11 Å². The van der Waals surface area contributed by atoms with Gasteiger partial charge in [-0.25, -0.2) is 9.97 Å². The molecule has 0 atom stereocenters. The van der Waals surface area contributed by atoms with Crippen LogP contribution in [0.15, 0.2) is 28.6 Å². The van der Waals surface area contributed by atoms with Crippen LogP contribution >= 0.6 is 11.3 Å². The minimum atomic E-state index is 0.316. The molecule has 112 valence electrons. The molecule has 2 aromatic heterocycles. The van der Waals surface area contributed by atoms with Gasteiger partial charge in [0.15, 0.2) is 11.1 Å². The van der Waals surface area contributed by atoms with E-state index in [2.05, 4.69) is 20.3 Å². The number of hydrogen-bond donors (Lipinski definition) is 3. The van der Waals surface area contributed by atoms with Crippen LogP contribution in [0.1, 0.15) is 5.69 Å². The van der Waals surface area contributed by atoms with Crippen molar-refractivity contribution in [2.45, 2.75) is 6.54 Å². The van der Waals surface area contributed by atoms with Crippen molar-refractivity contribution in [1.29, 1.82) is 0 Å². The highest BCUT2D eigenvalue weighted by Gasteiger charge is 2.07. The summed E-state index contributed by atoms with van der Waals surface area (Å²) in [6, 6.07) is 5.70. The summed E-state index contributed by atoms with van der Waals surface area (Å²) >= 11 is 1.44. The summed E-state index contributed by atoms with van der Waals surface area (Å²) in [7, 11) is 1.62. The van der Waals surface area contributed by atoms with E-state index in [9.17, 15) is 0 Å². The molecule has 0 aliphatic rings. The lowest BCUT2D eigenvalue weighted by atomic mass is 10.2. The molecule has 0 aliphatic heterocycles. The lowest BCUT2D eigenvalue weighted by molar-refractivity contribution is 0.208. The minimum absolute atomic E-state index is 0.316. The Morgan fingerprint density at radius 2 is 2.24 bits per heavy atom. The van der Waals surface area contributed by atoms with Crippen LogP contribution < -0.4 is 16.8 Å². The first-order valence-electron chi connectivity index (χ1n) is 6.40. The van der Waals surface area contributed by atoms with Crippen molar-refractivity contribution in [2.75, 3.05) is 25.6 Å². The Labute approximate surface area is 127 Å². The average Bonchev–Trinajstić information content (AvgIpc) is 2.96. The number of guanidine groups is 1. The number of aliphatic imine (C=N–C) groups is 1. The molecule has 0 saturated carbocycles. The highest BCUT2D eigenvalue weighted by molar-refractivity contribution is 7.14. The van der Waals surface area contributed by atoms with Gasteiger partial charge in [0.25, 0.3) is 0 Å². The summed E-state index contributed by atoms with van der Waals surface area (Å²) in [5, 5.41) is 5.53. The Kier molecular flexibility index (Phi) is 5.61. The van der Waals surface area contributed by atoms with Crippen molar-refractivity contribution in [2.24, 2.45) is 16.5 Å². The average molecular weight is 306 g/mol. The fraction of sp³-hybridized carbons (Fsp3) is 0.308. The standard InChI is InChI=1S/C13H18N6OS/c1-20-6-5-16-12(15)19-13-18-11(8-21-13)10-4-2-3-9(7-14)17-10/h2-4,8H,5-7,14H2,1H3,(H3,15,16,18,19). The normalized spacial score (nSPS) is 11.6. The number of nitrogens with zero attached hydrogens (tertiary/aromatic N) is 3. The van der Waals surface area contributed by atoms with Gasteiger partial charge in [-0.15, -0.1) is 11.3 Å². The molecule has 0 aromatic carbocycles. The molecular weight excluding hydrogens is 288 g/mol. The Balaban J connectivity index is 2.05. The molecule has 0 spiro atoms. The Morgan fingerprint density at radius 1 is 1.38 bits per heavy atom. The highest BCUT2D eigenvalue weighted by atomic mass is 32.1. The SMILES string of the molecule is COCCN=C(N)Nc1nc(-c2cccc(CN)n2)cs1. The lowest BCUT2D eigenvalue weighted by Crippen LogP contribution is -2.23. The zero-order chi connectivity index (χ0) is 15.1. The molecule has 0 fully saturated rings. The van der Waals surface area contributed by atoms with Crippen LogP contribution in [0.3, 0.4) is 0 Å². The summed E-state index contributed by atoms with van der Waals surface area (Å²) < 4.78 is 4.90.